The van der Waals surface area contributed by atoms with Gasteiger partial charge in [-0.05, 0) is 25.1 Å². The van der Waals surface area contributed by atoms with Crippen molar-refractivity contribution < 1.29 is 23.1 Å². The van der Waals surface area contributed by atoms with Gasteiger partial charge in [0.15, 0.2) is 0 Å². The van der Waals surface area contributed by atoms with E-state index in [0.717, 1.165) is 13.1 Å². The maximum Gasteiger partial charge on any atom is 0.451 e. The Bertz CT molecular complexity index is 1130. The average Bonchev–Trinajstić information content (AvgIpc) is 3.14. The van der Waals surface area contributed by atoms with Crippen molar-refractivity contribution in [1.82, 2.24) is 24.1 Å². The van der Waals surface area contributed by atoms with Crippen LogP contribution in [0.5, 0.6) is 5.88 Å². The molecule has 0 radical (unpaired) electrons. The van der Waals surface area contributed by atoms with Crippen LogP contribution in [0.4, 0.5) is 13.2 Å². The third-order valence-electron chi connectivity index (χ3n) is 4.03. The number of ketones is 1. The van der Waals surface area contributed by atoms with Gasteiger partial charge in [-0.25, -0.2) is 9.48 Å². The molecule has 2 heterocycles. The highest BCUT2D eigenvalue weighted by molar-refractivity contribution is 6.35. The predicted molar refractivity (Wildman–Crippen MR) is 91.8 cm³/mol. The second-order valence-electron chi connectivity index (χ2n) is 5.77. The molecule has 0 spiro atoms. The molecule has 0 saturated carbocycles. The minimum atomic E-state index is -4.81. The Morgan fingerprint density at radius 2 is 1.96 bits per heavy atom. The topological polar surface area (TPSA) is 94.9 Å². The van der Waals surface area contributed by atoms with Crippen molar-refractivity contribution in [1.29, 1.82) is 0 Å². The van der Waals surface area contributed by atoms with Gasteiger partial charge in [-0.2, -0.15) is 23.0 Å². The van der Waals surface area contributed by atoms with Crippen molar-refractivity contribution in [3.05, 3.63) is 56.9 Å². The quantitative estimate of drug-likeness (QED) is 0.660. The third kappa shape index (κ3) is 3.17. The zero-order chi connectivity index (χ0) is 20.8. The number of halogens is 4. The zero-order valence-corrected chi connectivity index (χ0v) is 15.3. The second-order valence-corrected chi connectivity index (χ2v) is 6.17. The molecule has 28 heavy (non-hydrogen) atoms. The fourth-order valence-corrected chi connectivity index (χ4v) is 2.85. The Labute approximate surface area is 160 Å². The van der Waals surface area contributed by atoms with E-state index in [1.54, 1.807) is 6.92 Å². The first kappa shape index (κ1) is 19.7. The summed E-state index contributed by atoms with van der Waals surface area (Å²) < 4.78 is 40.9. The fourth-order valence-electron chi connectivity index (χ4n) is 2.59. The van der Waals surface area contributed by atoms with E-state index in [-0.39, 0.29) is 27.7 Å². The number of aryl methyl sites for hydroxylation is 1. The molecule has 0 aliphatic rings. The van der Waals surface area contributed by atoms with Crippen LogP contribution in [-0.4, -0.2) is 35.0 Å². The lowest BCUT2D eigenvalue weighted by molar-refractivity contribution is -0.147. The van der Waals surface area contributed by atoms with Crippen LogP contribution in [-0.2, 0) is 19.8 Å². The molecule has 1 aromatic carbocycles. The summed E-state index contributed by atoms with van der Waals surface area (Å²) in [5.41, 5.74) is -1.17. The van der Waals surface area contributed by atoms with E-state index in [1.807, 2.05) is 0 Å². The number of hydrogen-bond acceptors (Lipinski definition) is 5. The summed E-state index contributed by atoms with van der Waals surface area (Å²) in [6.45, 7) is 2.07. The van der Waals surface area contributed by atoms with Crippen molar-refractivity contribution in [2.45, 2.75) is 19.6 Å². The predicted octanol–water partition coefficient (Wildman–Crippen LogP) is 2.40. The van der Waals surface area contributed by atoms with E-state index in [2.05, 4.69) is 10.2 Å². The maximum absolute atomic E-state index is 12.9. The highest BCUT2D eigenvalue weighted by Crippen LogP contribution is 2.28. The van der Waals surface area contributed by atoms with Gasteiger partial charge in [0.1, 0.15) is 5.56 Å². The van der Waals surface area contributed by atoms with E-state index in [9.17, 15) is 27.9 Å². The molecule has 0 unspecified atom stereocenters. The van der Waals surface area contributed by atoms with E-state index in [0.29, 0.717) is 15.8 Å². The minimum Gasteiger partial charge on any atom is -0.493 e. The summed E-state index contributed by atoms with van der Waals surface area (Å²) in [5, 5.41) is 17.0. The van der Waals surface area contributed by atoms with Gasteiger partial charge in [-0.3, -0.25) is 9.36 Å². The van der Waals surface area contributed by atoms with Gasteiger partial charge in [0.2, 0.25) is 17.5 Å². The van der Waals surface area contributed by atoms with Crippen molar-refractivity contribution in [2.24, 2.45) is 7.05 Å². The number of alkyl halides is 3. The van der Waals surface area contributed by atoms with Gasteiger partial charge in [0.25, 0.3) is 0 Å². The van der Waals surface area contributed by atoms with Crippen LogP contribution in [0.25, 0.3) is 5.69 Å². The summed E-state index contributed by atoms with van der Waals surface area (Å²) in [4.78, 5) is 24.7. The molecule has 0 amide bonds. The van der Waals surface area contributed by atoms with Gasteiger partial charge >= 0.3 is 11.9 Å². The molecule has 0 saturated heterocycles. The Morgan fingerprint density at radius 1 is 1.29 bits per heavy atom. The highest BCUT2D eigenvalue weighted by Gasteiger charge is 2.38. The van der Waals surface area contributed by atoms with E-state index < -0.39 is 23.5 Å². The lowest BCUT2D eigenvalue weighted by Gasteiger charge is -2.06. The molecule has 3 aromatic rings. The maximum atomic E-state index is 12.9. The van der Waals surface area contributed by atoms with Gasteiger partial charge in [-0.15, -0.1) is 5.10 Å². The van der Waals surface area contributed by atoms with Crippen LogP contribution < -0.4 is 5.69 Å². The first-order valence-corrected chi connectivity index (χ1v) is 8.26. The van der Waals surface area contributed by atoms with E-state index in [4.69, 9.17) is 11.6 Å². The first-order chi connectivity index (χ1) is 13.1. The van der Waals surface area contributed by atoms with Gasteiger partial charge in [0.05, 0.1) is 16.9 Å². The largest absolute Gasteiger partial charge is 0.493 e. The molecule has 1 N–H and O–H groups in total. The molecule has 148 valence electrons. The van der Waals surface area contributed by atoms with Crippen molar-refractivity contribution >= 4 is 17.4 Å². The first-order valence-electron chi connectivity index (χ1n) is 7.88. The van der Waals surface area contributed by atoms with Gasteiger partial charge in [-0.1, -0.05) is 11.6 Å². The molecule has 0 bridgehead atoms. The molecule has 0 fully saturated rings. The van der Waals surface area contributed by atoms with Gasteiger partial charge in [0, 0.05) is 19.2 Å². The van der Waals surface area contributed by atoms with Crippen molar-refractivity contribution in [3.63, 3.8) is 0 Å². The molecule has 0 aliphatic heterocycles. The number of carbonyl (C=O) groups is 1. The lowest BCUT2D eigenvalue weighted by atomic mass is 10.1. The van der Waals surface area contributed by atoms with Crippen LogP contribution in [0.3, 0.4) is 0 Å². The Balaban J connectivity index is 2.03. The molecular weight excluding hydrogens is 403 g/mol. The molecule has 8 nitrogen and oxygen atoms in total. The third-order valence-corrected chi connectivity index (χ3v) is 4.34. The minimum absolute atomic E-state index is 0.0172. The van der Waals surface area contributed by atoms with E-state index in [1.165, 1.54) is 23.0 Å². The molecule has 0 atom stereocenters. The number of rotatable bonds is 4. The number of nitrogens with zero attached hydrogens (tertiary/aromatic N) is 5. The SMILES string of the molecule is CCn1ncc(C(=O)c2ccc(-n3nc(C(F)(F)F)n(C)c3=O)cc2Cl)c1O. The van der Waals surface area contributed by atoms with Crippen LogP contribution in [0, 0.1) is 0 Å². The lowest BCUT2D eigenvalue weighted by Crippen LogP contribution is -2.23. The monoisotopic (exact) mass is 415 g/mol. The number of hydrogen-bond donors (Lipinski definition) is 1. The number of carbonyl (C=O) groups excluding carboxylic acids is 1. The molecule has 3 rings (SSSR count). The number of benzene rings is 1. The fraction of sp³-hybridized carbons (Fsp3) is 0.250. The van der Waals surface area contributed by atoms with Gasteiger partial charge < -0.3 is 5.11 Å². The smallest absolute Gasteiger partial charge is 0.451 e. The average molecular weight is 416 g/mol. The molecule has 12 heteroatoms. The van der Waals surface area contributed by atoms with Crippen molar-refractivity contribution in [2.75, 3.05) is 0 Å². The van der Waals surface area contributed by atoms with Crippen LogP contribution in [0.1, 0.15) is 28.7 Å². The number of aromatic nitrogens is 5. The zero-order valence-electron chi connectivity index (χ0n) is 14.5. The Morgan fingerprint density at radius 3 is 2.46 bits per heavy atom. The van der Waals surface area contributed by atoms with Crippen LogP contribution in [0.2, 0.25) is 5.02 Å². The molecule has 0 aliphatic carbocycles. The Kier molecular flexibility index (Phi) is 4.79. The van der Waals surface area contributed by atoms with E-state index >= 15 is 0 Å². The summed E-state index contributed by atoms with van der Waals surface area (Å²) >= 11 is 6.10. The summed E-state index contributed by atoms with van der Waals surface area (Å²) in [6, 6.07) is 3.61. The summed E-state index contributed by atoms with van der Waals surface area (Å²) in [6.07, 6.45) is -3.62. The normalized spacial score (nSPS) is 11.8. The van der Waals surface area contributed by atoms with Crippen molar-refractivity contribution in [3.8, 4) is 11.6 Å². The highest BCUT2D eigenvalue weighted by atomic mass is 35.5. The summed E-state index contributed by atoms with van der Waals surface area (Å²) in [5.74, 6) is -2.33. The standard InChI is InChI=1S/C16H13ClF3N5O3/c1-3-24-13(27)10(7-21-24)12(26)9-5-4-8(6-11(9)17)25-15(28)23(2)14(22-25)16(18,19)20/h4-7,27H,3H2,1-2H3. The summed E-state index contributed by atoms with van der Waals surface area (Å²) in [7, 11) is 0.947. The number of aromatic hydroxyl groups is 1. The molecular formula is C16H13ClF3N5O3. The van der Waals surface area contributed by atoms with Crippen LogP contribution in [0.15, 0.2) is 29.2 Å². The molecule has 2 aromatic heterocycles. The second kappa shape index (κ2) is 6.82. The Hall–Kier alpha value is -3.08. The van der Waals surface area contributed by atoms with Crippen LogP contribution >= 0.6 is 11.6 Å².